The third kappa shape index (κ3) is 4.78. The number of hydrogen-bond acceptors (Lipinski definition) is 9. The van der Waals surface area contributed by atoms with Crippen molar-refractivity contribution in [2.45, 2.75) is 44.7 Å². The van der Waals surface area contributed by atoms with E-state index in [4.69, 9.17) is 10.2 Å². The highest BCUT2D eigenvalue weighted by molar-refractivity contribution is 7.90. The lowest BCUT2D eigenvalue weighted by atomic mass is 10.0. The number of carbonyl (C=O) groups is 1. The Morgan fingerprint density at radius 1 is 1.29 bits per heavy atom. The van der Waals surface area contributed by atoms with E-state index in [1.54, 1.807) is 25.3 Å². The van der Waals surface area contributed by atoms with Crippen LogP contribution < -0.4 is 10.2 Å². The normalized spacial score (nSPS) is 15.3. The Labute approximate surface area is 202 Å². The number of thiazole rings is 1. The number of aryl methyl sites for hydroxylation is 1. The molecule has 4 rings (SSSR count). The number of nitrogens with zero attached hydrogens (tertiary/aromatic N) is 5. The van der Waals surface area contributed by atoms with E-state index in [-0.39, 0.29) is 29.2 Å². The molecule has 0 radical (unpaired) electrons. The van der Waals surface area contributed by atoms with E-state index in [9.17, 15) is 13.2 Å². The summed E-state index contributed by atoms with van der Waals surface area (Å²) in [5, 5.41) is 12.6. The molecule has 0 unspecified atom stereocenters. The summed E-state index contributed by atoms with van der Waals surface area (Å²) >= 11 is 1.43. The van der Waals surface area contributed by atoms with Crippen molar-refractivity contribution in [2.24, 2.45) is 5.92 Å². The van der Waals surface area contributed by atoms with Crippen LogP contribution in [-0.4, -0.2) is 35.5 Å². The van der Waals surface area contributed by atoms with Crippen LogP contribution in [0.3, 0.4) is 0 Å². The largest absolute Gasteiger partial charge is 0.327 e. The van der Waals surface area contributed by atoms with Gasteiger partial charge in [0.2, 0.25) is 11.9 Å². The number of anilines is 2. The van der Waals surface area contributed by atoms with Crippen molar-refractivity contribution in [3.63, 3.8) is 0 Å². The summed E-state index contributed by atoms with van der Waals surface area (Å²) in [4.78, 5) is 29.5. The molecule has 0 saturated heterocycles. The SMILES string of the molecule is Cc1nc(N2Cc3sc(NC(=O)Cc4ccc(S(C)(=O)=O)cc4)nc3[C@@H]2C(C)C)ncc1C#N. The van der Waals surface area contributed by atoms with E-state index in [0.717, 1.165) is 16.8 Å². The van der Waals surface area contributed by atoms with Gasteiger partial charge in [-0.1, -0.05) is 37.3 Å². The van der Waals surface area contributed by atoms with Gasteiger partial charge < -0.3 is 10.2 Å². The zero-order valence-corrected chi connectivity index (χ0v) is 20.9. The quantitative estimate of drug-likeness (QED) is 0.550. The average Bonchev–Trinajstić information content (AvgIpc) is 3.30. The highest BCUT2D eigenvalue weighted by Crippen LogP contribution is 2.43. The van der Waals surface area contributed by atoms with Crippen LogP contribution in [0.4, 0.5) is 11.1 Å². The van der Waals surface area contributed by atoms with Gasteiger partial charge in [0, 0.05) is 6.26 Å². The van der Waals surface area contributed by atoms with Gasteiger partial charge in [-0.2, -0.15) is 5.26 Å². The van der Waals surface area contributed by atoms with Gasteiger partial charge in [0.15, 0.2) is 15.0 Å². The third-order valence-corrected chi connectivity index (χ3v) is 7.70. The van der Waals surface area contributed by atoms with Gasteiger partial charge in [0.1, 0.15) is 6.07 Å². The second-order valence-corrected chi connectivity index (χ2v) is 11.7. The molecule has 1 amide bonds. The summed E-state index contributed by atoms with van der Waals surface area (Å²) in [5.41, 5.74) is 2.70. The fourth-order valence-corrected chi connectivity index (χ4v) is 5.59. The number of fused-ring (bicyclic) bond motifs is 1. The number of nitriles is 1. The third-order valence-electron chi connectivity index (χ3n) is 5.60. The molecular weight excluding hydrogens is 472 g/mol. The molecule has 1 aliphatic rings. The zero-order chi connectivity index (χ0) is 24.6. The molecule has 1 aromatic carbocycles. The number of nitrogens with one attached hydrogen (secondary N) is 1. The topological polar surface area (TPSA) is 129 Å². The van der Waals surface area contributed by atoms with E-state index in [1.165, 1.54) is 23.5 Å². The molecule has 34 heavy (non-hydrogen) atoms. The molecule has 2 aromatic heterocycles. The number of benzene rings is 1. The van der Waals surface area contributed by atoms with Gasteiger partial charge >= 0.3 is 0 Å². The summed E-state index contributed by atoms with van der Waals surface area (Å²) in [6, 6.07) is 8.34. The van der Waals surface area contributed by atoms with Gasteiger partial charge in [-0.05, 0) is 30.5 Å². The highest BCUT2D eigenvalue weighted by Gasteiger charge is 2.37. The molecule has 1 atom stereocenters. The van der Waals surface area contributed by atoms with Crippen molar-refractivity contribution >= 4 is 38.2 Å². The van der Waals surface area contributed by atoms with Crippen molar-refractivity contribution in [1.82, 2.24) is 15.0 Å². The summed E-state index contributed by atoms with van der Waals surface area (Å²) in [5.74, 6) is 0.562. The number of rotatable bonds is 6. The van der Waals surface area contributed by atoms with E-state index in [2.05, 4.69) is 40.1 Å². The summed E-state index contributed by atoms with van der Waals surface area (Å²) in [6.07, 6.45) is 2.81. The van der Waals surface area contributed by atoms with Crippen molar-refractivity contribution in [2.75, 3.05) is 16.5 Å². The summed E-state index contributed by atoms with van der Waals surface area (Å²) in [7, 11) is -3.27. The highest BCUT2D eigenvalue weighted by atomic mass is 32.2. The number of sulfone groups is 1. The molecule has 9 nitrogen and oxygen atoms in total. The minimum atomic E-state index is -3.27. The van der Waals surface area contributed by atoms with Gasteiger partial charge in [0.25, 0.3) is 0 Å². The number of amides is 1. The zero-order valence-electron chi connectivity index (χ0n) is 19.2. The average molecular weight is 497 g/mol. The fraction of sp³-hybridized carbons (Fsp3) is 0.348. The first kappa shape index (κ1) is 23.8. The number of carbonyl (C=O) groups excluding carboxylic acids is 1. The van der Waals surface area contributed by atoms with Gasteiger partial charge in [0.05, 0.1) is 51.9 Å². The molecule has 0 fully saturated rings. The molecule has 11 heteroatoms. The van der Waals surface area contributed by atoms with Gasteiger partial charge in [-0.3, -0.25) is 4.79 Å². The number of hydrogen-bond donors (Lipinski definition) is 1. The predicted octanol–water partition coefficient (Wildman–Crippen LogP) is 3.42. The van der Waals surface area contributed by atoms with Crippen molar-refractivity contribution in [3.05, 3.63) is 57.9 Å². The Hall–Kier alpha value is -3.36. The van der Waals surface area contributed by atoms with Crippen LogP contribution in [0.1, 0.15) is 47.3 Å². The first-order valence-electron chi connectivity index (χ1n) is 10.7. The van der Waals surface area contributed by atoms with Crippen LogP contribution in [0.2, 0.25) is 0 Å². The minimum Gasteiger partial charge on any atom is -0.327 e. The molecule has 0 spiro atoms. The second-order valence-electron chi connectivity index (χ2n) is 8.57. The Balaban J connectivity index is 1.48. The molecule has 1 N–H and O–H groups in total. The van der Waals surface area contributed by atoms with Crippen LogP contribution in [0.25, 0.3) is 0 Å². The first-order chi connectivity index (χ1) is 16.1. The maximum absolute atomic E-state index is 12.6. The molecule has 3 heterocycles. The lowest BCUT2D eigenvalue weighted by molar-refractivity contribution is -0.115. The van der Waals surface area contributed by atoms with Crippen molar-refractivity contribution in [1.29, 1.82) is 5.26 Å². The van der Waals surface area contributed by atoms with Crippen molar-refractivity contribution < 1.29 is 13.2 Å². The van der Waals surface area contributed by atoms with Crippen LogP contribution in [-0.2, 0) is 27.6 Å². The van der Waals surface area contributed by atoms with Gasteiger partial charge in [-0.15, -0.1) is 0 Å². The first-order valence-corrected chi connectivity index (χ1v) is 13.4. The van der Waals surface area contributed by atoms with Crippen LogP contribution in [0, 0.1) is 24.2 Å². The van der Waals surface area contributed by atoms with Crippen LogP contribution in [0.15, 0.2) is 35.4 Å². The smallest absolute Gasteiger partial charge is 0.230 e. The minimum absolute atomic E-state index is 0.0484. The second kappa shape index (κ2) is 9.12. The van der Waals surface area contributed by atoms with Crippen LogP contribution in [0.5, 0.6) is 0 Å². The summed E-state index contributed by atoms with van der Waals surface area (Å²) < 4.78 is 23.2. The lowest BCUT2D eigenvalue weighted by Gasteiger charge is -2.27. The predicted molar refractivity (Wildman–Crippen MR) is 129 cm³/mol. The Morgan fingerprint density at radius 2 is 2.00 bits per heavy atom. The molecule has 1 aliphatic heterocycles. The maximum atomic E-state index is 12.6. The molecule has 176 valence electrons. The lowest BCUT2D eigenvalue weighted by Crippen LogP contribution is -2.28. The van der Waals surface area contributed by atoms with Crippen molar-refractivity contribution in [3.8, 4) is 6.07 Å². The Morgan fingerprint density at radius 3 is 2.59 bits per heavy atom. The molecule has 3 aromatic rings. The monoisotopic (exact) mass is 496 g/mol. The van der Waals surface area contributed by atoms with E-state index >= 15 is 0 Å². The summed E-state index contributed by atoms with van der Waals surface area (Å²) in [6.45, 7) is 6.56. The molecular formula is C23H24N6O3S2. The molecule has 0 saturated carbocycles. The van der Waals surface area contributed by atoms with E-state index in [0.29, 0.717) is 34.4 Å². The van der Waals surface area contributed by atoms with E-state index in [1.807, 2.05) is 0 Å². The number of aromatic nitrogens is 3. The molecule has 0 bridgehead atoms. The molecule has 0 aliphatic carbocycles. The van der Waals surface area contributed by atoms with Crippen LogP contribution >= 0.6 is 11.3 Å². The fourth-order valence-electron chi connectivity index (χ4n) is 3.94. The van der Waals surface area contributed by atoms with E-state index < -0.39 is 9.84 Å². The maximum Gasteiger partial charge on any atom is 0.230 e. The Kier molecular flexibility index (Phi) is 6.38. The Bertz CT molecular complexity index is 1390. The van der Waals surface area contributed by atoms with Gasteiger partial charge in [-0.25, -0.2) is 23.4 Å². The standard InChI is InChI=1S/C23H24N6O3S2/c1-13(2)21-20-18(12-29(21)22-25-11-16(10-24)14(3)26-22)33-23(28-20)27-19(30)9-15-5-7-17(8-6-15)34(4,31)32/h5-8,11,13,21H,9,12H2,1-4H3,(H,27,28,30)/t21-/m0/s1.